The van der Waals surface area contributed by atoms with Crippen molar-refractivity contribution in [2.75, 3.05) is 24.2 Å². The maximum atomic E-state index is 5.89. The van der Waals surface area contributed by atoms with Crippen molar-refractivity contribution in [1.29, 1.82) is 0 Å². The van der Waals surface area contributed by atoms with Crippen molar-refractivity contribution >= 4 is 11.4 Å². The summed E-state index contributed by atoms with van der Waals surface area (Å²) in [5, 5.41) is 3.34. The Morgan fingerprint density at radius 1 is 1.25 bits per heavy atom. The summed E-state index contributed by atoms with van der Waals surface area (Å²) in [6, 6.07) is 5.74. The molecule has 4 nitrogen and oxygen atoms in total. The molecule has 0 atom stereocenters. The van der Waals surface area contributed by atoms with Crippen LogP contribution in [0.4, 0.5) is 11.4 Å². The van der Waals surface area contributed by atoms with Crippen LogP contribution < -0.4 is 15.8 Å². The van der Waals surface area contributed by atoms with E-state index in [2.05, 4.69) is 5.32 Å². The van der Waals surface area contributed by atoms with Gasteiger partial charge in [-0.05, 0) is 32.8 Å². The van der Waals surface area contributed by atoms with Gasteiger partial charge in [0.25, 0.3) is 0 Å². The predicted molar refractivity (Wildman–Crippen MR) is 83.3 cm³/mol. The number of nitrogens with one attached hydrogen (secondary N) is 1. The maximum absolute atomic E-state index is 5.89. The number of ether oxygens (including phenoxy) is 2. The Morgan fingerprint density at radius 3 is 2.70 bits per heavy atom. The van der Waals surface area contributed by atoms with Gasteiger partial charge in [-0.25, -0.2) is 0 Å². The topological polar surface area (TPSA) is 56.5 Å². The number of anilines is 2. The van der Waals surface area contributed by atoms with Gasteiger partial charge >= 0.3 is 0 Å². The van der Waals surface area contributed by atoms with Gasteiger partial charge in [-0.1, -0.05) is 12.8 Å². The first-order chi connectivity index (χ1) is 9.63. The standard InChI is InChI=1S/C16H26N2O2/c1-12(2)20-16-10-13(17)9-14(11-16)18-7-8-19-15-5-3-4-6-15/h9-12,15,18H,3-8,17H2,1-2H3. The lowest BCUT2D eigenvalue weighted by Gasteiger charge is -2.14. The van der Waals surface area contributed by atoms with Crippen LogP contribution >= 0.6 is 0 Å². The minimum absolute atomic E-state index is 0.148. The fourth-order valence-electron chi connectivity index (χ4n) is 2.54. The molecule has 1 aliphatic rings. The Morgan fingerprint density at radius 2 is 2.00 bits per heavy atom. The molecule has 0 bridgehead atoms. The molecule has 0 radical (unpaired) electrons. The molecule has 20 heavy (non-hydrogen) atoms. The molecular formula is C16H26N2O2. The zero-order valence-corrected chi connectivity index (χ0v) is 12.5. The molecule has 0 spiro atoms. The Balaban J connectivity index is 1.77. The summed E-state index contributed by atoms with van der Waals surface area (Å²) in [6.45, 7) is 5.54. The molecule has 0 amide bonds. The van der Waals surface area contributed by atoms with Crippen LogP contribution in [0, 0.1) is 0 Å². The molecule has 0 unspecified atom stereocenters. The minimum Gasteiger partial charge on any atom is -0.491 e. The van der Waals surface area contributed by atoms with E-state index in [0.29, 0.717) is 11.8 Å². The van der Waals surface area contributed by atoms with Gasteiger partial charge in [0.1, 0.15) is 5.75 Å². The van der Waals surface area contributed by atoms with Crippen molar-refractivity contribution in [2.45, 2.75) is 51.7 Å². The van der Waals surface area contributed by atoms with Gasteiger partial charge in [-0.3, -0.25) is 0 Å². The van der Waals surface area contributed by atoms with Crippen LogP contribution in [-0.2, 0) is 4.74 Å². The fourth-order valence-corrected chi connectivity index (χ4v) is 2.54. The van der Waals surface area contributed by atoms with Gasteiger partial charge in [0.2, 0.25) is 0 Å². The van der Waals surface area contributed by atoms with Gasteiger partial charge < -0.3 is 20.5 Å². The van der Waals surface area contributed by atoms with E-state index in [1.807, 2.05) is 32.0 Å². The first-order valence-electron chi connectivity index (χ1n) is 7.56. The van der Waals surface area contributed by atoms with Crippen LogP contribution in [0.2, 0.25) is 0 Å². The van der Waals surface area contributed by atoms with E-state index in [4.69, 9.17) is 15.2 Å². The normalized spacial score (nSPS) is 15.8. The average Bonchev–Trinajstić information content (AvgIpc) is 2.86. The van der Waals surface area contributed by atoms with E-state index in [0.717, 1.165) is 24.6 Å². The van der Waals surface area contributed by atoms with Crippen LogP contribution in [0.5, 0.6) is 5.75 Å². The van der Waals surface area contributed by atoms with E-state index in [-0.39, 0.29) is 6.10 Å². The molecule has 3 N–H and O–H groups in total. The third-order valence-electron chi connectivity index (χ3n) is 3.39. The fraction of sp³-hybridized carbons (Fsp3) is 0.625. The highest BCUT2D eigenvalue weighted by Crippen LogP contribution is 2.24. The molecule has 1 fully saturated rings. The lowest BCUT2D eigenvalue weighted by Crippen LogP contribution is -2.15. The summed E-state index contributed by atoms with van der Waals surface area (Å²) in [6.07, 6.45) is 5.66. The Kier molecular flexibility index (Phi) is 5.53. The zero-order chi connectivity index (χ0) is 14.4. The lowest BCUT2D eigenvalue weighted by molar-refractivity contribution is 0.0659. The summed E-state index contributed by atoms with van der Waals surface area (Å²) < 4.78 is 11.5. The summed E-state index contributed by atoms with van der Waals surface area (Å²) in [4.78, 5) is 0. The van der Waals surface area contributed by atoms with Crippen LogP contribution in [0.3, 0.4) is 0 Å². The number of hydrogen-bond donors (Lipinski definition) is 2. The van der Waals surface area contributed by atoms with Crippen molar-refractivity contribution in [1.82, 2.24) is 0 Å². The molecule has 0 aromatic heterocycles. The number of rotatable bonds is 7. The highest BCUT2D eigenvalue weighted by Gasteiger charge is 2.14. The van der Waals surface area contributed by atoms with Crippen molar-refractivity contribution in [2.24, 2.45) is 0 Å². The number of benzene rings is 1. The predicted octanol–water partition coefficient (Wildman–Crippen LogP) is 3.43. The van der Waals surface area contributed by atoms with E-state index in [1.54, 1.807) is 0 Å². The highest BCUT2D eigenvalue weighted by molar-refractivity contribution is 5.59. The third-order valence-corrected chi connectivity index (χ3v) is 3.39. The largest absolute Gasteiger partial charge is 0.491 e. The number of nitrogen functional groups attached to an aromatic ring is 1. The Labute approximate surface area is 121 Å². The molecule has 1 saturated carbocycles. The molecule has 2 rings (SSSR count). The average molecular weight is 278 g/mol. The van der Waals surface area contributed by atoms with Crippen molar-refractivity contribution < 1.29 is 9.47 Å². The van der Waals surface area contributed by atoms with Crippen molar-refractivity contribution in [3.8, 4) is 5.75 Å². The maximum Gasteiger partial charge on any atom is 0.123 e. The van der Waals surface area contributed by atoms with Crippen LogP contribution in [0.25, 0.3) is 0 Å². The molecule has 112 valence electrons. The molecule has 0 aliphatic heterocycles. The SMILES string of the molecule is CC(C)Oc1cc(N)cc(NCCOC2CCCC2)c1. The molecule has 1 aromatic rings. The Bertz CT molecular complexity index is 415. The van der Waals surface area contributed by atoms with Crippen molar-refractivity contribution in [3.05, 3.63) is 18.2 Å². The zero-order valence-electron chi connectivity index (χ0n) is 12.5. The van der Waals surface area contributed by atoms with Gasteiger partial charge in [-0.2, -0.15) is 0 Å². The van der Waals surface area contributed by atoms with E-state index >= 15 is 0 Å². The van der Waals surface area contributed by atoms with Gasteiger partial charge in [-0.15, -0.1) is 0 Å². The molecule has 1 aliphatic carbocycles. The van der Waals surface area contributed by atoms with Crippen LogP contribution in [0.15, 0.2) is 18.2 Å². The third kappa shape index (κ3) is 4.93. The number of nitrogens with two attached hydrogens (primary N) is 1. The monoisotopic (exact) mass is 278 g/mol. The van der Waals surface area contributed by atoms with Gasteiger partial charge in [0.15, 0.2) is 0 Å². The first-order valence-corrected chi connectivity index (χ1v) is 7.56. The molecule has 4 heteroatoms. The van der Waals surface area contributed by atoms with E-state index < -0.39 is 0 Å². The lowest BCUT2D eigenvalue weighted by atomic mass is 10.2. The summed E-state index contributed by atoms with van der Waals surface area (Å²) in [7, 11) is 0. The molecule has 0 heterocycles. The summed E-state index contributed by atoms with van der Waals surface area (Å²) in [5.74, 6) is 0.805. The molecular weight excluding hydrogens is 252 g/mol. The van der Waals surface area contributed by atoms with E-state index in [1.165, 1.54) is 25.7 Å². The van der Waals surface area contributed by atoms with E-state index in [9.17, 15) is 0 Å². The second-order valence-electron chi connectivity index (χ2n) is 5.66. The smallest absolute Gasteiger partial charge is 0.123 e. The number of hydrogen-bond acceptors (Lipinski definition) is 4. The second kappa shape index (κ2) is 7.39. The van der Waals surface area contributed by atoms with Crippen LogP contribution in [-0.4, -0.2) is 25.4 Å². The van der Waals surface area contributed by atoms with Gasteiger partial charge in [0.05, 0.1) is 18.8 Å². The van der Waals surface area contributed by atoms with Gasteiger partial charge in [0, 0.05) is 30.1 Å². The highest BCUT2D eigenvalue weighted by atomic mass is 16.5. The van der Waals surface area contributed by atoms with Crippen molar-refractivity contribution in [3.63, 3.8) is 0 Å². The minimum atomic E-state index is 0.148. The Hall–Kier alpha value is -1.42. The first kappa shape index (κ1) is 15.0. The molecule has 0 saturated heterocycles. The summed E-state index contributed by atoms with van der Waals surface area (Å²) >= 11 is 0. The molecule has 1 aromatic carbocycles. The second-order valence-corrected chi connectivity index (χ2v) is 5.66. The quantitative estimate of drug-likeness (QED) is 0.592. The van der Waals surface area contributed by atoms with Crippen LogP contribution in [0.1, 0.15) is 39.5 Å². The summed E-state index contributed by atoms with van der Waals surface area (Å²) in [5.41, 5.74) is 7.58.